The van der Waals surface area contributed by atoms with Crippen molar-refractivity contribution < 1.29 is 9.90 Å². The van der Waals surface area contributed by atoms with Gasteiger partial charge in [-0.25, -0.2) is 0 Å². The number of benzene rings is 1. The Labute approximate surface area is 102 Å². The second kappa shape index (κ2) is 7.04. The Balaban J connectivity index is 2.41. The fourth-order valence-corrected chi connectivity index (χ4v) is 1.54. The molecule has 0 aliphatic heterocycles. The van der Waals surface area contributed by atoms with Crippen molar-refractivity contribution in [2.75, 3.05) is 13.2 Å². The lowest BCUT2D eigenvalue weighted by atomic mass is 10.1. The molecule has 1 rings (SSSR count). The smallest absolute Gasteiger partial charge is 0.221 e. The van der Waals surface area contributed by atoms with Crippen LogP contribution in [0.15, 0.2) is 30.3 Å². The van der Waals surface area contributed by atoms with E-state index in [2.05, 4.69) is 5.32 Å². The minimum absolute atomic E-state index is 0.0420. The molecule has 4 nitrogen and oxygen atoms in total. The summed E-state index contributed by atoms with van der Waals surface area (Å²) in [6.45, 7) is 2.31. The summed E-state index contributed by atoms with van der Waals surface area (Å²) in [6, 6.07) is 9.88. The third-order valence-electron chi connectivity index (χ3n) is 2.74. The van der Waals surface area contributed by atoms with E-state index in [9.17, 15) is 9.90 Å². The van der Waals surface area contributed by atoms with E-state index in [1.54, 1.807) is 6.92 Å². The predicted octanol–water partition coefficient (Wildman–Crippen LogP) is 0.301. The van der Waals surface area contributed by atoms with Gasteiger partial charge in [-0.15, -0.1) is 0 Å². The second-order valence-corrected chi connectivity index (χ2v) is 4.28. The van der Waals surface area contributed by atoms with E-state index < -0.39 is 0 Å². The maximum absolute atomic E-state index is 10.9. The van der Waals surface area contributed by atoms with Gasteiger partial charge in [0.05, 0.1) is 6.61 Å². The molecular weight excluding hydrogens is 216 g/mol. The first kappa shape index (κ1) is 13.7. The molecule has 2 unspecified atom stereocenters. The van der Waals surface area contributed by atoms with E-state index in [0.29, 0.717) is 6.54 Å². The lowest BCUT2D eigenvalue weighted by Crippen LogP contribution is -2.40. The molecule has 0 saturated heterocycles. The number of primary amides is 1. The number of nitrogens with one attached hydrogen (secondary N) is 1. The molecule has 0 fully saturated rings. The third kappa shape index (κ3) is 4.97. The Morgan fingerprint density at radius 1 is 1.41 bits per heavy atom. The van der Waals surface area contributed by atoms with Gasteiger partial charge in [-0.2, -0.15) is 0 Å². The van der Waals surface area contributed by atoms with Gasteiger partial charge in [0.25, 0.3) is 0 Å². The summed E-state index contributed by atoms with van der Waals surface area (Å²) in [7, 11) is 0. The summed E-state index contributed by atoms with van der Waals surface area (Å²) >= 11 is 0. The van der Waals surface area contributed by atoms with Crippen LogP contribution < -0.4 is 11.1 Å². The van der Waals surface area contributed by atoms with Crippen LogP contribution in [0.3, 0.4) is 0 Å². The Bertz CT molecular complexity index is 341. The molecule has 2 atom stereocenters. The van der Waals surface area contributed by atoms with Crippen molar-refractivity contribution >= 4 is 5.91 Å². The molecule has 1 amide bonds. The van der Waals surface area contributed by atoms with E-state index in [4.69, 9.17) is 5.73 Å². The normalized spacial score (nSPS) is 14.2. The Morgan fingerprint density at radius 3 is 2.59 bits per heavy atom. The van der Waals surface area contributed by atoms with Crippen LogP contribution in [-0.4, -0.2) is 30.2 Å². The highest BCUT2D eigenvalue weighted by Gasteiger charge is 2.12. The summed E-state index contributed by atoms with van der Waals surface area (Å²) in [6.07, 6.45) is 0.739. The maximum atomic E-state index is 10.9. The van der Waals surface area contributed by atoms with Gasteiger partial charge < -0.3 is 16.2 Å². The van der Waals surface area contributed by atoms with Crippen LogP contribution in [-0.2, 0) is 11.2 Å². The molecule has 0 bridgehead atoms. The quantitative estimate of drug-likeness (QED) is 0.637. The van der Waals surface area contributed by atoms with Crippen LogP contribution in [0.25, 0.3) is 0 Å². The number of carbonyl (C=O) groups excluding carboxylic acids is 1. The Kier molecular flexibility index (Phi) is 5.66. The fourth-order valence-electron chi connectivity index (χ4n) is 1.54. The topological polar surface area (TPSA) is 75.3 Å². The molecule has 0 aliphatic carbocycles. The predicted molar refractivity (Wildman–Crippen MR) is 67.4 cm³/mol. The first-order valence-corrected chi connectivity index (χ1v) is 5.81. The number of hydrogen-bond donors (Lipinski definition) is 3. The standard InChI is InChI=1S/C13H20N2O2/c1-10(13(14)17)8-15-12(9-16)7-11-5-3-2-4-6-11/h2-6,10,12,15-16H,7-9H2,1H3,(H2,14,17). The van der Waals surface area contributed by atoms with Gasteiger partial charge in [0.1, 0.15) is 0 Å². The average Bonchev–Trinajstić information content (AvgIpc) is 2.35. The van der Waals surface area contributed by atoms with Crippen molar-refractivity contribution in [3.05, 3.63) is 35.9 Å². The minimum Gasteiger partial charge on any atom is -0.395 e. The number of aliphatic hydroxyl groups is 1. The SMILES string of the molecule is CC(CNC(CO)Cc1ccccc1)C(N)=O. The van der Waals surface area contributed by atoms with E-state index in [-0.39, 0.29) is 24.5 Å². The van der Waals surface area contributed by atoms with Crippen molar-refractivity contribution in [1.29, 1.82) is 0 Å². The third-order valence-corrected chi connectivity index (χ3v) is 2.74. The van der Waals surface area contributed by atoms with Gasteiger partial charge in [0.2, 0.25) is 5.91 Å². The second-order valence-electron chi connectivity index (χ2n) is 4.28. The van der Waals surface area contributed by atoms with Crippen LogP contribution in [0.2, 0.25) is 0 Å². The van der Waals surface area contributed by atoms with Crippen molar-refractivity contribution in [2.24, 2.45) is 11.7 Å². The highest BCUT2D eigenvalue weighted by molar-refractivity contribution is 5.76. The zero-order valence-electron chi connectivity index (χ0n) is 10.1. The summed E-state index contributed by atoms with van der Waals surface area (Å²) in [5.41, 5.74) is 6.33. The molecule has 4 heteroatoms. The Hall–Kier alpha value is -1.39. The van der Waals surface area contributed by atoms with Gasteiger partial charge in [-0.05, 0) is 12.0 Å². The lowest BCUT2D eigenvalue weighted by Gasteiger charge is -2.18. The summed E-state index contributed by atoms with van der Waals surface area (Å²) in [5.74, 6) is -0.547. The number of carbonyl (C=O) groups is 1. The monoisotopic (exact) mass is 236 g/mol. The van der Waals surface area contributed by atoms with Gasteiger partial charge in [0, 0.05) is 18.5 Å². The summed E-state index contributed by atoms with van der Waals surface area (Å²) in [5, 5.41) is 12.4. The molecule has 1 aromatic carbocycles. The van der Waals surface area contributed by atoms with Crippen molar-refractivity contribution in [3.63, 3.8) is 0 Å². The van der Waals surface area contributed by atoms with Crippen LogP contribution in [0.4, 0.5) is 0 Å². The van der Waals surface area contributed by atoms with Crippen LogP contribution in [0.1, 0.15) is 12.5 Å². The van der Waals surface area contributed by atoms with Gasteiger partial charge in [-0.3, -0.25) is 4.79 Å². The number of nitrogens with two attached hydrogens (primary N) is 1. The molecule has 4 N–H and O–H groups in total. The number of rotatable bonds is 7. The molecule has 0 saturated carbocycles. The zero-order chi connectivity index (χ0) is 12.7. The number of amides is 1. The Morgan fingerprint density at radius 2 is 2.06 bits per heavy atom. The van der Waals surface area contributed by atoms with Gasteiger partial charge in [-0.1, -0.05) is 37.3 Å². The molecule has 0 aromatic heterocycles. The summed E-state index contributed by atoms with van der Waals surface area (Å²) in [4.78, 5) is 10.9. The maximum Gasteiger partial charge on any atom is 0.221 e. The number of aliphatic hydroxyl groups excluding tert-OH is 1. The molecule has 94 valence electrons. The van der Waals surface area contributed by atoms with Crippen molar-refractivity contribution in [1.82, 2.24) is 5.32 Å². The molecule has 0 radical (unpaired) electrons. The first-order valence-electron chi connectivity index (χ1n) is 5.81. The van der Waals surface area contributed by atoms with Gasteiger partial charge in [0.15, 0.2) is 0 Å². The first-order chi connectivity index (χ1) is 8.13. The van der Waals surface area contributed by atoms with Crippen LogP contribution in [0, 0.1) is 5.92 Å². The molecule has 0 heterocycles. The average molecular weight is 236 g/mol. The highest BCUT2D eigenvalue weighted by Crippen LogP contribution is 2.03. The highest BCUT2D eigenvalue weighted by atomic mass is 16.3. The van der Waals surface area contributed by atoms with E-state index >= 15 is 0 Å². The molecule has 1 aromatic rings. The van der Waals surface area contributed by atoms with E-state index in [1.165, 1.54) is 0 Å². The van der Waals surface area contributed by atoms with Crippen molar-refractivity contribution in [3.8, 4) is 0 Å². The fraction of sp³-hybridized carbons (Fsp3) is 0.462. The van der Waals surface area contributed by atoms with Crippen LogP contribution in [0.5, 0.6) is 0 Å². The molecule has 17 heavy (non-hydrogen) atoms. The molecule has 0 aliphatic rings. The lowest BCUT2D eigenvalue weighted by molar-refractivity contribution is -0.121. The van der Waals surface area contributed by atoms with E-state index in [1.807, 2.05) is 30.3 Å². The van der Waals surface area contributed by atoms with Crippen LogP contribution >= 0.6 is 0 Å². The summed E-state index contributed by atoms with van der Waals surface area (Å²) < 4.78 is 0. The molecular formula is C13H20N2O2. The minimum atomic E-state index is -0.325. The van der Waals surface area contributed by atoms with Crippen molar-refractivity contribution in [2.45, 2.75) is 19.4 Å². The van der Waals surface area contributed by atoms with Gasteiger partial charge >= 0.3 is 0 Å². The number of hydrogen-bond acceptors (Lipinski definition) is 3. The molecule has 0 spiro atoms. The van der Waals surface area contributed by atoms with E-state index in [0.717, 1.165) is 12.0 Å². The largest absolute Gasteiger partial charge is 0.395 e. The zero-order valence-corrected chi connectivity index (χ0v) is 10.1.